The van der Waals surface area contributed by atoms with Gasteiger partial charge in [0.25, 0.3) is 0 Å². The smallest absolute Gasteiger partial charge is 0.208 e. The third kappa shape index (κ3) is 3.70. The van der Waals surface area contributed by atoms with E-state index in [0.717, 1.165) is 17.0 Å². The number of hydrogen-bond donors (Lipinski definition) is 2. The summed E-state index contributed by atoms with van der Waals surface area (Å²) < 4.78 is 1.13. The van der Waals surface area contributed by atoms with Crippen LogP contribution in [0.3, 0.4) is 0 Å². The molecule has 18 heavy (non-hydrogen) atoms. The molecule has 0 saturated heterocycles. The number of nitrogens with one attached hydrogen (secondary N) is 1. The van der Waals surface area contributed by atoms with E-state index in [2.05, 4.69) is 37.7 Å². The molecule has 6 heteroatoms. The molecule has 1 aliphatic carbocycles. The first-order valence-corrected chi connectivity index (χ1v) is 7.85. The molecule has 2 rings (SSSR count). The monoisotopic (exact) mass is 330 g/mol. The van der Waals surface area contributed by atoms with Gasteiger partial charge in [0, 0.05) is 21.8 Å². The molecule has 1 saturated carbocycles. The average Bonchev–Trinajstić information content (AvgIpc) is 2.97. The zero-order valence-corrected chi connectivity index (χ0v) is 12.9. The molecule has 1 aromatic heterocycles. The highest BCUT2D eigenvalue weighted by Crippen LogP contribution is 2.22. The summed E-state index contributed by atoms with van der Waals surface area (Å²) in [6, 6.07) is 2.57. The zero-order chi connectivity index (χ0) is 13.0. The van der Waals surface area contributed by atoms with Gasteiger partial charge in [-0.25, -0.2) is 10.8 Å². The number of rotatable bonds is 3. The largest absolute Gasteiger partial charge is 0.340 e. The number of aliphatic imine (C=N–C) groups is 1. The van der Waals surface area contributed by atoms with Crippen molar-refractivity contribution in [1.29, 1.82) is 0 Å². The second-order valence-electron chi connectivity index (χ2n) is 4.62. The van der Waals surface area contributed by atoms with Crippen molar-refractivity contribution in [2.45, 2.75) is 38.3 Å². The Bertz CT molecular complexity index is 412. The highest BCUT2D eigenvalue weighted by atomic mass is 79.9. The Labute approximate surface area is 120 Å². The van der Waals surface area contributed by atoms with Gasteiger partial charge in [-0.05, 0) is 34.8 Å². The van der Waals surface area contributed by atoms with Crippen LogP contribution in [0.25, 0.3) is 0 Å². The molecule has 1 heterocycles. The summed E-state index contributed by atoms with van der Waals surface area (Å²) in [4.78, 5) is 8.05. The number of halogens is 1. The van der Waals surface area contributed by atoms with Crippen molar-refractivity contribution in [2.75, 3.05) is 7.05 Å². The minimum atomic E-state index is 0.438. The van der Waals surface area contributed by atoms with Gasteiger partial charge in [-0.1, -0.05) is 12.8 Å². The van der Waals surface area contributed by atoms with Gasteiger partial charge < -0.3 is 4.90 Å². The van der Waals surface area contributed by atoms with E-state index < -0.39 is 0 Å². The second-order valence-corrected chi connectivity index (χ2v) is 6.53. The van der Waals surface area contributed by atoms with Gasteiger partial charge in [0.05, 0.1) is 12.6 Å². The molecule has 0 unspecified atom stereocenters. The summed E-state index contributed by atoms with van der Waals surface area (Å²) in [5.41, 5.74) is 2.72. The maximum Gasteiger partial charge on any atom is 0.208 e. The fourth-order valence-corrected chi connectivity index (χ4v) is 3.70. The Morgan fingerprint density at radius 2 is 2.33 bits per heavy atom. The molecule has 0 atom stereocenters. The number of hydrazine groups is 1. The van der Waals surface area contributed by atoms with Crippen molar-refractivity contribution in [2.24, 2.45) is 10.8 Å². The molecular weight excluding hydrogens is 312 g/mol. The number of thiophene rings is 1. The molecule has 0 aliphatic heterocycles. The third-order valence-corrected chi connectivity index (χ3v) is 4.82. The fraction of sp³-hybridized carbons (Fsp3) is 0.583. The highest BCUT2D eigenvalue weighted by molar-refractivity contribution is 9.10. The van der Waals surface area contributed by atoms with Crippen molar-refractivity contribution in [3.8, 4) is 0 Å². The van der Waals surface area contributed by atoms with Crippen LogP contribution in [0.5, 0.6) is 0 Å². The van der Waals surface area contributed by atoms with E-state index in [0.29, 0.717) is 6.04 Å². The topological polar surface area (TPSA) is 53.6 Å². The van der Waals surface area contributed by atoms with Crippen LogP contribution >= 0.6 is 27.3 Å². The molecule has 0 spiro atoms. The summed E-state index contributed by atoms with van der Waals surface area (Å²) in [5.74, 6) is 6.37. The van der Waals surface area contributed by atoms with E-state index in [4.69, 9.17) is 10.8 Å². The van der Waals surface area contributed by atoms with E-state index >= 15 is 0 Å². The molecular formula is C12H19BrN4S. The van der Waals surface area contributed by atoms with Crippen molar-refractivity contribution in [3.05, 3.63) is 20.8 Å². The lowest BCUT2D eigenvalue weighted by Gasteiger charge is -2.21. The van der Waals surface area contributed by atoms with Gasteiger partial charge in [-0.2, -0.15) is 0 Å². The third-order valence-electron chi connectivity index (χ3n) is 3.13. The summed E-state index contributed by atoms with van der Waals surface area (Å²) >= 11 is 5.20. The predicted octanol–water partition coefficient (Wildman–Crippen LogP) is 2.70. The highest BCUT2D eigenvalue weighted by Gasteiger charge is 2.16. The lowest BCUT2D eigenvalue weighted by molar-refractivity contribution is 0.475. The van der Waals surface area contributed by atoms with Crippen LogP contribution in [0.2, 0.25) is 0 Å². The molecule has 100 valence electrons. The Balaban J connectivity index is 1.98. The molecule has 0 bridgehead atoms. The molecule has 1 aliphatic rings. The van der Waals surface area contributed by atoms with Crippen LogP contribution in [-0.2, 0) is 6.54 Å². The molecule has 1 fully saturated rings. The summed E-state index contributed by atoms with van der Waals surface area (Å²) in [7, 11) is 2.02. The lowest BCUT2D eigenvalue weighted by Crippen LogP contribution is -2.43. The van der Waals surface area contributed by atoms with Gasteiger partial charge >= 0.3 is 0 Å². The van der Waals surface area contributed by atoms with E-state index in [9.17, 15) is 0 Å². The summed E-state index contributed by atoms with van der Waals surface area (Å²) in [6.07, 6.45) is 4.94. The van der Waals surface area contributed by atoms with E-state index in [-0.39, 0.29) is 0 Å². The Hall–Kier alpha value is -0.590. The van der Waals surface area contributed by atoms with Crippen LogP contribution in [0.1, 0.15) is 30.6 Å². The first-order valence-electron chi connectivity index (χ1n) is 6.17. The number of nitrogens with zero attached hydrogens (tertiary/aromatic N) is 2. The number of guanidine groups is 1. The minimum Gasteiger partial charge on any atom is -0.340 e. The quantitative estimate of drug-likeness (QED) is 0.388. The van der Waals surface area contributed by atoms with Gasteiger partial charge in [0.15, 0.2) is 0 Å². The van der Waals surface area contributed by atoms with E-state index in [1.807, 2.05) is 7.05 Å². The Morgan fingerprint density at radius 1 is 1.61 bits per heavy atom. The van der Waals surface area contributed by atoms with Crippen molar-refractivity contribution >= 4 is 33.2 Å². The molecule has 1 aromatic rings. The van der Waals surface area contributed by atoms with Crippen LogP contribution in [-0.4, -0.2) is 23.9 Å². The predicted molar refractivity (Wildman–Crippen MR) is 80.5 cm³/mol. The molecule has 0 radical (unpaired) electrons. The van der Waals surface area contributed by atoms with E-state index in [1.54, 1.807) is 11.3 Å². The van der Waals surface area contributed by atoms with Crippen LogP contribution < -0.4 is 11.3 Å². The first-order chi connectivity index (χ1) is 8.69. The normalized spacial score (nSPS) is 17.2. The van der Waals surface area contributed by atoms with Gasteiger partial charge in [-0.15, -0.1) is 11.3 Å². The van der Waals surface area contributed by atoms with Crippen LogP contribution in [0.15, 0.2) is 20.9 Å². The zero-order valence-electron chi connectivity index (χ0n) is 10.5. The molecule has 3 N–H and O–H groups in total. The minimum absolute atomic E-state index is 0.438. The second kappa shape index (κ2) is 6.54. The van der Waals surface area contributed by atoms with Crippen molar-refractivity contribution in [1.82, 2.24) is 10.3 Å². The van der Waals surface area contributed by atoms with Crippen LogP contribution in [0, 0.1) is 0 Å². The number of hydrogen-bond acceptors (Lipinski definition) is 3. The number of nitrogens with two attached hydrogens (primary N) is 1. The van der Waals surface area contributed by atoms with Crippen LogP contribution in [0.4, 0.5) is 0 Å². The summed E-state index contributed by atoms with van der Waals surface area (Å²) in [5, 5.41) is 2.09. The van der Waals surface area contributed by atoms with Gasteiger partial charge in [0.2, 0.25) is 5.96 Å². The maximum atomic E-state index is 5.58. The standard InChI is InChI=1S/C12H19BrN4S/c1-17(7-11-6-9(13)8-18-11)12(16-14)15-10-4-2-3-5-10/h6,8,10H,2-5,7,14H2,1H3,(H,15,16). The van der Waals surface area contributed by atoms with Crippen molar-refractivity contribution in [3.63, 3.8) is 0 Å². The molecule has 0 amide bonds. The molecule has 4 nitrogen and oxygen atoms in total. The lowest BCUT2D eigenvalue weighted by atomic mass is 10.3. The maximum absolute atomic E-state index is 5.58. The van der Waals surface area contributed by atoms with Gasteiger partial charge in [0.1, 0.15) is 0 Å². The van der Waals surface area contributed by atoms with Gasteiger partial charge in [-0.3, -0.25) is 5.43 Å². The Morgan fingerprint density at radius 3 is 2.89 bits per heavy atom. The first kappa shape index (κ1) is 13.8. The fourth-order valence-electron chi connectivity index (χ4n) is 2.20. The summed E-state index contributed by atoms with van der Waals surface area (Å²) in [6.45, 7) is 0.825. The average molecular weight is 331 g/mol. The SMILES string of the molecule is CN(Cc1cc(Br)cs1)C(=NC1CCCC1)NN. The van der Waals surface area contributed by atoms with Crippen molar-refractivity contribution < 1.29 is 0 Å². The Kier molecular flexibility index (Phi) is 5.03. The molecule has 0 aromatic carbocycles. The van der Waals surface area contributed by atoms with E-state index in [1.165, 1.54) is 30.6 Å².